The molecule has 4 nitrogen and oxygen atoms in total. The zero-order valence-corrected chi connectivity index (χ0v) is 7.21. The average molecular weight is 167 g/mol. The van der Waals surface area contributed by atoms with Gasteiger partial charge in [-0.2, -0.15) is 4.98 Å². The topological polar surface area (TPSA) is 51.0 Å². The highest BCUT2D eigenvalue weighted by Gasteiger charge is 2.19. The molecule has 1 N–H and O–H groups in total. The van der Waals surface area contributed by atoms with Gasteiger partial charge < -0.3 is 9.84 Å². The Balaban J connectivity index is 2.08. The minimum absolute atomic E-state index is 0.455. The Morgan fingerprint density at radius 2 is 2.50 bits per heavy atom. The van der Waals surface area contributed by atoms with Gasteiger partial charge in [-0.25, -0.2) is 0 Å². The van der Waals surface area contributed by atoms with E-state index < -0.39 is 0 Å². The van der Waals surface area contributed by atoms with Gasteiger partial charge >= 0.3 is 0 Å². The van der Waals surface area contributed by atoms with Crippen molar-refractivity contribution in [2.45, 2.75) is 25.7 Å². The Hall–Kier alpha value is -0.900. The molecule has 0 spiro atoms. The summed E-state index contributed by atoms with van der Waals surface area (Å²) < 4.78 is 4.93. The molecule has 12 heavy (non-hydrogen) atoms. The number of hydrogen-bond acceptors (Lipinski definition) is 4. The van der Waals surface area contributed by atoms with Crippen molar-refractivity contribution in [1.29, 1.82) is 0 Å². The Morgan fingerprint density at radius 3 is 3.08 bits per heavy atom. The Morgan fingerprint density at radius 1 is 1.58 bits per heavy atom. The standard InChI is InChI=1S/C8H13N3O/c1-6-10-8(11-12-6)7-3-2-4-9-5-7/h7,9H,2-5H2,1H3. The molecule has 1 fully saturated rings. The highest BCUT2D eigenvalue weighted by atomic mass is 16.5. The molecule has 1 aliphatic rings. The average Bonchev–Trinajstić information content (AvgIpc) is 2.54. The summed E-state index contributed by atoms with van der Waals surface area (Å²) in [5.74, 6) is 1.98. The Kier molecular flexibility index (Phi) is 2.08. The monoisotopic (exact) mass is 167 g/mol. The molecule has 4 heteroatoms. The zero-order chi connectivity index (χ0) is 8.39. The quantitative estimate of drug-likeness (QED) is 0.673. The van der Waals surface area contributed by atoms with Crippen LogP contribution in [-0.2, 0) is 0 Å². The van der Waals surface area contributed by atoms with Gasteiger partial charge in [0.25, 0.3) is 0 Å². The molecule has 2 heterocycles. The van der Waals surface area contributed by atoms with E-state index in [1.807, 2.05) is 6.92 Å². The second-order valence-corrected chi connectivity index (χ2v) is 3.21. The first kappa shape index (κ1) is 7.73. The second-order valence-electron chi connectivity index (χ2n) is 3.21. The zero-order valence-electron chi connectivity index (χ0n) is 7.21. The predicted molar refractivity (Wildman–Crippen MR) is 43.9 cm³/mol. The second kappa shape index (κ2) is 3.23. The van der Waals surface area contributed by atoms with Crippen LogP contribution in [0.3, 0.4) is 0 Å². The largest absolute Gasteiger partial charge is 0.340 e. The SMILES string of the molecule is Cc1nc(C2CCCNC2)no1. The highest BCUT2D eigenvalue weighted by Crippen LogP contribution is 2.19. The highest BCUT2D eigenvalue weighted by molar-refractivity contribution is 4.97. The smallest absolute Gasteiger partial charge is 0.223 e. The summed E-state index contributed by atoms with van der Waals surface area (Å²) >= 11 is 0. The first-order chi connectivity index (χ1) is 5.86. The van der Waals surface area contributed by atoms with Gasteiger partial charge in [0.1, 0.15) is 0 Å². The molecule has 0 bridgehead atoms. The van der Waals surface area contributed by atoms with Gasteiger partial charge in [-0.3, -0.25) is 0 Å². The normalized spacial score (nSPS) is 24.2. The molecule has 1 unspecified atom stereocenters. The fraction of sp³-hybridized carbons (Fsp3) is 0.750. The van der Waals surface area contributed by atoms with Gasteiger partial charge in [0.05, 0.1) is 0 Å². The maximum Gasteiger partial charge on any atom is 0.223 e. The first-order valence-corrected chi connectivity index (χ1v) is 4.37. The van der Waals surface area contributed by atoms with Crippen LogP contribution >= 0.6 is 0 Å². The Bertz CT molecular complexity index is 253. The van der Waals surface area contributed by atoms with E-state index in [0.29, 0.717) is 11.8 Å². The summed E-state index contributed by atoms with van der Waals surface area (Å²) in [6.07, 6.45) is 2.38. The lowest BCUT2D eigenvalue weighted by atomic mass is 9.99. The van der Waals surface area contributed by atoms with Crippen molar-refractivity contribution in [1.82, 2.24) is 15.5 Å². The predicted octanol–water partition coefficient (Wildman–Crippen LogP) is 0.845. The van der Waals surface area contributed by atoms with E-state index in [4.69, 9.17) is 4.52 Å². The minimum atomic E-state index is 0.455. The molecular formula is C8H13N3O. The van der Waals surface area contributed by atoms with Gasteiger partial charge in [-0.05, 0) is 19.4 Å². The van der Waals surface area contributed by atoms with Gasteiger partial charge in [-0.15, -0.1) is 0 Å². The summed E-state index contributed by atoms with van der Waals surface area (Å²) in [5, 5.41) is 7.23. The fourth-order valence-electron chi connectivity index (χ4n) is 1.55. The Labute approximate surface area is 71.4 Å². The van der Waals surface area contributed by atoms with Crippen molar-refractivity contribution in [2.75, 3.05) is 13.1 Å². The molecule has 0 amide bonds. The summed E-state index contributed by atoms with van der Waals surface area (Å²) in [6, 6.07) is 0. The lowest BCUT2D eigenvalue weighted by Crippen LogP contribution is -2.28. The number of rotatable bonds is 1. The van der Waals surface area contributed by atoms with E-state index in [-0.39, 0.29) is 0 Å². The molecule has 0 aromatic carbocycles. The lowest BCUT2D eigenvalue weighted by Gasteiger charge is -2.19. The molecule has 1 atom stereocenters. The fourth-order valence-corrected chi connectivity index (χ4v) is 1.55. The van der Waals surface area contributed by atoms with E-state index in [9.17, 15) is 0 Å². The van der Waals surface area contributed by atoms with Crippen LogP contribution in [0.25, 0.3) is 0 Å². The summed E-state index contributed by atoms with van der Waals surface area (Å²) in [5.41, 5.74) is 0. The third-order valence-electron chi connectivity index (χ3n) is 2.21. The summed E-state index contributed by atoms with van der Waals surface area (Å²) in [7, 11) is 0. The van der Waals surface area contributed by atoms with E-state index in [0.717, 1.165) is 18.9 Å². The third-order valence-corrected chi connectivity index (χ3v) is 2.21. The molecule has 0 aliphatic carbocycles. The molecule has 1 saturated heterocycles. The number of nitrogens with zero attached hydrogens (tertiary/aromatic N) is 2. The van der Waals surface area contributed by atoms with E-state index >= 15 is 0 Å². The molecule has 0 radical (unpaired) electrons. The van der Waals surface area contributed by atoms with Crippen LogP contribution in [-0.4, -0.2) is 23.2 Å². The summed E-state index contributed by atoms with van der Waals surface area (Å²) in [6.45, 7) is 3.93. The van der Waals surface area contributed by atoms with E-state index in [1.54, 1.807) is 0 Å². The summed E-state index contributed by atoms with van der Waals surface area (Å²) in [4.78, 5) is 4.22. The van der Waals surface area contributed by atoms with Gasteiger partial charge in [0.15, 0.2) is 5.82 Å². The molecule has 66 valence electrons. The van der Waals surface area contributed by atoms with Crippen LogP contribution in [0.4, 0.5) is 0 Å². The van der Waals surface area contributed by atoms with Crippen LogP contribution in [0, 0.1) is 6.92 Å². The van der Waals surface area contributed by atoms with Crippen LogP contribution in [0.2, 0.25) is 0 Å². The molecule has 0 saturated carbocycles. The maximum absolute atomic E-state index is 4.93. The van der Waals surface area contributed by atoms with Crippen molar-refractivity contribution >= 4 is 0 Å². The van der Waals surface area contributed by atoms with Crippen molar-refractivity contribution in [3.05, 3.63) is 11.7 Å². The number of aromatic nitrogens is 2. The maximum atomic E-state index is 4.93. The minimum Gasteiger partial charge on any atom is -0.340 e. The van der Waals surface area contributed by atoms with Crippen molar-refractivity contribution in [3.63, 3.8) is 0 Å². The van der Waals surface area contributed by atoms with Gasteiger partial charge in [0.2, 0.25) is 5.89 Å². The number of hydrogen-bond donors (Lipinski definition) is 1. The van der Waals surface area contributed by atoms with Crippen LogP contribution in [0.1, 0.15) is 30.5 Å². The number of piperidine rings is 1. The third kappa shape index (κ3) is 1.48. The number of aryl methyl sites for hydroxylation is 1. The van der Waals surface area contributed by atoms with E-state index in [1.165, 1.54) is 12.8 Å². The first-order valence-electron chi connectivity index (χ1n) is 4.37. The molecular weight excluding hydrogens is 154 g/mol. The lowest BCUT2D eigenvalue weighted by molar-refractivity contribution is 0.371. The van der Waals surface area contributed by atoms with Gasteiger partial charge in [-0.1, -0.05) is 5.16 Å². The van der Waals surface area contributed by atoms with Gasteiger partial charge in [0, 0.05) is 19.4 Å². The van der Waals surface area contributed by atoms with Crippen molar-refractivity contribution in [3.8, 4) is 0 Å². The molecule has 1 aliphatic heterocycles. The number of nitrogens with one attached hydrogen (secondary N) is 1. The van der Waals surface area contributed by atoms with E-state index in [2.05, 4.69) is 15.5 Å². The van der Waals surface area contributed by atoms with Crippen molar-refractivity contribution < 1.29 is 4.52 Å². The molecule has 2 rings (SSSR count). The molecule has 1 aromatic heterocycles. The van der Waals surface area contributed by atoms with Crippen LogP contribution < -0.4 is 5.32 Å². The van der Waals surface area contributed by atoms with Crippen LogP contribution in [0.5, 0.6) is 0 Å². The molecule has 1 aromatic rings. The van der Waals surface area contributed by atoms with Crippen molar-refractivity contribution in [2.24, 2.45) is 0 Å². The van der Waals surface area contributed by atoms with Crippen LogP contribution in [0.15, 0.2) is 4.52 Å².